The van der Waals surface area contributed by atoms with Gasteiger partial charge in [-0.15, -0.1) is 0 Å². The second kappa shape index (κ2) is 8.96. The van der Waals surface area contributed by atoms with Crippen LogP contribution in [0.4, 0.5) is 5.69 Å². The Morgan fingerprint density at radius 2 is 1.76 bits per heavy atom. The maximum Gasteiger partial charge on any atom is 0.270 e. The van der Waals surface area contributed by atoms with Gasteiger partial charge in [0.05, 0.1) is 5.69 Å². The van der Waals surface area contributed by atoms with E-state index >= 15 is 0 Å². The molecule has 4 rings (SSSR count). The van der Waals surface area contributed by atoms with Crippen molar-refractivity contribution in [3.05, 3.63) is 87.2 Å². The van der Waals surface area contributed by atoms with E-state index in [0.717, 1.165) is 40.2 Å². The highest BCUT2D eigenvalue weighted by Gasteiger charge is 2.34. The van der Waals surface area contributed by atoms with Crippen LogP contribution in [0.3, 0.4) is 0 Å². The highest BCUT2D eigenvalue weighted by molar-refractivity contribution is 7.80. The molecule has 0 spiro atoms. The van der Waals surface area contributed by atoms with Gasteiger partial charge in [0.2, 0.25) is 0 Å². The molecule has 1 aliphatic heterocycles. The van der Waals surface area contributed by atoms with Crippen LogP contribution >= 0.6 is 23.8 Å². The van der Waals surface area contributed by atoms with Gasteiger partial charge in [0.25, 0.3) is 11.8 Å². The van der Waals surface area contributed by atoms with Gasteiger partial charge >= 0.3 is 0 Å². The van der Waals surface area contributed by atoms with E-state index in [0.29, 0.717) is 10.7 Å². The molecule has 2 heterocycles. The summed E-state index contributed by atoms with van der Waals surface area (Å²) in [4.78, 5) is 27.5. The fourth-order valence-electron chi connectivity index (χ4n) is 4.07. The number of hydrogen-bond donors (Lipinski definition) is 1. The number of carbonyl (C=O) groups excluding carboxylic acids is 2. The van der Waals surface area contributed by atoms with Crippen LogP contribution in [0.5, 0.6) is 0 Å². The molecule has 1 aromatic heterocycles. The second-order valence-corrected chi connectivity index (χ2v) is 8.82. The minimum Gasteiger partial charge on any atom is -0.318 e. The number of nitrogens with zero attached hydrogens (tertiary/aromatic N) is 2. The molecule has 1 saturated heterocycles. The number of thiocarbonyl (C=S) groups is 1. The van der Waals surface area contributed by atoms with Crippen LogP contribution in [0.1, 0.15) is 35.0 Å². The summed E-state index contributed by atoms with van der Waals surface area (Å²) in [5.74, 6) is -0.952. The summed E-state index contributed by atoms with van der Waals surface area (Å²) in [6.07, 6.45) is 2.52. The Kier molecular flexibility index (Phi) is 6.23. The summed E-state index contributed by atoms with van der Waals surface area (Å²) in [7, 11) is 0. The zero-order valence-electron chi connectivity index (χ0n) is 18.9. The lowest BCUT2D eigenvalue weighted by Gasteiger charge is -2.29. The molecule has 1 fully saturated rings. The van der Waals surface area contributed by atoms with E-state index in [4.69, 9.17) is 23.8 Å². The van der Waals surface area contributed by atoms with Gasteiger partial charge in [-0.3, -0.25) is 19.8 Å². The van der Waals surface area contributed by atoms with E-state index in [1.807, 2.05) is 69.3 Å². The maximum absolute atomic E-state index is 13.4. The fourth-order valence-corrected chi connectivity index (χ4v) is 4.52. The summed E-state index contributed by atoms with van der Waals surface area (Å²) in [6.45, 7) is 7.97. The van der Waals surface area contributed by atoms with Gasteiger partial charge in [-0.05, 0) is 92.5 Å². The molecule has 0 atom stereocenters. The Morgan fingerprint density at radius 1 is 1.06 bits per heavy atom. The van der Waals surface area contributed by atoms with E-state index in [9.17, 15) is 9.59 Å². The van der Waals surface area contributed by atoms with Crippen molar-refractivity contribution in [2.75, 3.05) is 4.90 Å². The lowest BCUT2D eigenvalue weighted by atomic mass is 10.1. The number of benzene rings is 2. The molecule has 0 saturated carbocycles. The number of aromatic nitrogens is 1. The first kappa shape index (κ1) is 23.0. The standard InChI is InChI=1S/C26H24ClN3O2S/c1-5-18-9-11-20(12-10-18)30-25(32)21(24(31)28-26(30)33)14-19-13-15(2)29(17(19)4)23-8-6-7-22(27)16(23)3/h6-14H,5H2,1-4H3,(H,28,31,33)/b21-14+. The Bertz CT molecular complexity index is 1320. The molecule has 0 bridgehead atoms. The van der Waals surface area contributed by atoms with Crippen LogP contribution in [-0.4, -0.2) is 21.5 Å². The molecule has 5 nitrogen and oxygen atoms in total. The quantitative estimate of drug-likeness (QED) is 0.309. The molecule has 1 aliphatic rings. The van der Waals surface area contributed by atoms with Gasteiger partial charge in [-0.2, -0.15) is 0 Å². The lowest BCUT2D eigenvalue weighted by molar-refractivity contribution is -0.122. The second-order valence-electron chi connectivity index (χ2n) is 8.02. The smallest absolute Gasteiger partial charge is 0.270 e. The Hall–Kier alpha value is -3.22. The van der Waals surface area contributed by atoms with Gasteiger partial charge in [0.15, 0.2) is 5.11 Å². The van der Waals surface area contributed by atoms with E-state index in [2.05, 4.69) is 16.8 Å². The van der Waals surface area contributed by atoms with Crippen LogP contribution in [0.25, 0.3) is 11.8 Å². The monoisotopic (exact) mass is 477 g/mol. The van der Waals surface area contributed by atoms with Crippen molar-refractivity contribution < 1.29 is 9.59 Å². The minimum absolute atomic E-state index is 0.0336. The number of carbonyl (C=O) groups is 2. The van der Waals surface area contributed by atoms with Crippen molar-refractivity contribution in [2.24, 2.45) is 0 Å². The van der Waals surface area contributed by atoms with Crippen LogP contribution < -0.4 is 10.2 Å². The number of anilines is 1. The van der Waals surface area contributed by atoms with E-state index in [1.54, 1.807) is 6.08 Å². The summed E-state index contributed by atoms with van der Waals surface area (Å²) >= 11 is 11.6. The zero-order valence-corrected chi connectivity index (χ0v) is 20.5. The third kappa shape index (κ3) is 4.12. The van der Waals surface area contributed by atoms with E-state index in [-0.39, 0.29) is 10.7 Å². The topological polar surface area (TPSA) is 54.3 Å². The van der Waals surface area contributed by atoms with Gasteiger partial charge in [0.1, 0.15) is 5.57 Å². The summed E-state index contributed by atoms with van der Waals surface area (Å²) in [5.41, 5.74) is 6.37. The average molecular weight is 478 g/mol. The molecule has 2 aromatic carbocycles. The molecule has 1 N–H and O–H groups in total. The fraction of sp³-hybridized carbons (Fsp3) is 0.192. The largest absolute Gasteiger partial charge is 0.318 e. The first-order chi connectivity index (χ1) is 15.7. The number of hydrogen-bond acceptors (Lipinski definition) is 3. The summed E-state index contributed by atoms with van der Waals surface area (Å²) in [5, 5.41) is 3.41. The average Bonchev–Trinajstić information content (AvgIpc) is 3.06. The molecule has 0 unspecified atom stereocenters. The number of halogens is 1. The minimum atomic E-state index is -0.504. The Labute approximate surface area is 203 Å². The molecule has 168 valence electrons. The molecular formula is C26H24ClN3O2S. The Balaban J connectivity index is 1.76. The predicted molar refractivity (Wildman–Crippen MR) is 137 cm³/mol. The number of aryl methyl sites for hydroxylation is 2. The first-order valence-electron chi connectivity index (χ1n) is 10.7. The van der Waals surface area contributed by atoms with Gasteiger partial charge in [0, 0.05) is 22.1 Å². The summed E-state index contributed by atoms with van der Waals surface area (Å²) in [6, 6.07) is 15.3. The van der Waals surface area contributed by atoms with Gasteiger partial charge in [-0.25, -0.2) is 0 Å². The lowest BCUT2D eigenvalue weighted by Crippen LogP contribution is -2.54. The highest BCUT2D eigenvalue weighted by Crippen LogP contribution is 2.29. The van der Waals surface area contributed by atoms with Crippen molar-refractivity contribution >= 4 is 52.5 Å². The molecule has 3 aromatic rings. The number of nitrogens with one attached hydrogen (secondary N) is 1. The van der Waals surface area contributed by atoms with Crippen molar-refractivity contribution in [2.45, 2.75) is 34.1 Å². The number of rotatable bonds is 4. The highest BCUT2D eigenvalue weighted by atomic mass is 35.5. The van der Waals surface area contributed by atoms with Crippen LogP contribution in [0.15, 0.2) is 54.1 Å². The van der Waals surface area contributed by atoms with Gasteiger partial charge < -0.3 is 4.57 Å². The van der Waals surface area contributed by atoms with Crippen LogP contribution in [-0.2, 0) is 16.0 Å². The first-order valence-corrected chi connectivity index (χ1v) is 11.5. The predicted octanol–water partition coefficient (Wildman–Crippen LogP) is 5.45. The number of amides is 2. The van der Waals surface area contributed by atoms with Crippen molar-refractivity contribution in [3.8, 4) is 5.69 Å². The summed E-state index contributed by atoms with van der Waals surface area (Å²) < 4.78 is 2.07. The van der Waals surface area contributed by atoms with Crippen molar-refractivity contribution in [1.82, 2.24) is 9.88 Å². The molecular weight excluding hydrogens is 454 g/mol. The molecule has 0 aliphatic carbocycles. The van der Waals surface area contributed by atoms with Crippen molar-refractivity contribution in [3.63, 3.8) is 0 Å². The Morgan fingerprint density at radius 3 is 2.42 bits per heavy atom. The van der Waals surface area contributed by atoms with Gasteiger partial charge in [-0.1, -0.05) is 36.7 Å². The molecule has 33 heavy (non-hydrogen) atoms. The molecule has 0 radical (unpaired) electrons. The maximum atomic E-state index is 13.4. The van der Waals surface area contributed by atoms with E-state index < -0.39 is 11.8 Å². The van der Waals surface area contributed by atoms with E-state index in [1.165, 1.54) is 4.90 Å². The third-order valence-electron chi connectivity index (χ3n) is 5.95. The van der Waals surface area contributed by atoms with Crippen LogP contribution in [0.2, 0.25) is 5.02 Å². The normalized spacial score (nSPS) is 15.4. The third-order valence-corrected chi connectivity index (χ3v) is 6.65. The zero-order chi connectivity index (χ0) is 23.9. The van der Waals surface area contributed by atoms with Crippen LogP contribution in [0, 0.1) is 20.8 Å². The van der Waals surface area contributed by atoms with Crippen molar-refractivity contribution in [1.29, 1.82) is 0 Å². The molecule has 2 amide bonds. The molecule has 7 heteroatoms. The SMILES string of the molecule is CCc1ccc(N2C(=O)/C(=C/c3cc(C)n(-c4cccc(Cl)c4C)c3C)C(=O)NC2=S)cc1.